The van der Waals surface area contributed by atoms with Gasteiger partial charge in [-0.25, -0.2) is 17.2 Å². The molecule has 0 spiro atoms. The molecule has 4 aromatic rings. The number of nitrogens with zero attached hydrogens (tertiary/aromatic N) is 2. The first kappa shape index (κ1) is 30.7. The van der Waals surface area contributed by atoms with Crippen molar-refractivity contribution in [2.75, 3.05) is 40.4 Å². The number of halogens is 3. The van der Waals surface area contributed by atoms with Crippen LogP contribution in [0.25, 0.3) is 21.7 Å². The number of hydrogen-bond donors (Lipinski definition) is 2. The fourth-order valence-corrected chi connectivity index (χ4v) is 6.22. The number of carbonyl (C=O) groups is 2. The molecule has 0 radical (unpaired) electrons. The fourth-order valence-electron chi connectivity index (χ4n) is 4.65. The maximum absolute atomic E-state index is 14.0. The maximum atomic E-state index is 14.0. The molecule has 1 aromatic heterocycles. The van der Waals surface area contributed by atoms with Crippen molar-refractivity contribution in [3.63, 3.8) is 0 Å². The van der Waals surface area contributed by atoms with Gasteiger partial charge < -0.3 is 24.8 Å². The molecule has 0 saturated carbocycles. The monoisotopic (exact) mass is 607 g/mol. The molecule has 2 heterocycles. The molecule has 10 nitrogen and oxygen atoms in total. The molecule has 1 fully saturated rings. The Labute approximate surface area is 239 Å². The lowest BCUT2D eigenvalue weighted by Gasteiger charge is -2.19. The van der Waals surface area contributed by atoms with Gasteiger partial charge in [-0.2, -0.15) is 13.2 Å². The van der Waals surface area contributed by atoms with Crippen LogP contribution < -0.4 is 14.8 Å². The van der Waals surface area contributed by atoms with Gasteiger partial charge in [-0.15, -0.1) is 0 Å². The average Bonchev–Trinajstić information content (AvgIpc) is 3.14. The summed E-state index contributed by atoms with van der Waals surface area (Å²) in [6.45, 7) is 2.71. The number of carboxylic acids is 1. The van der Waals surface area contributed by atoms with Gasteiger partial charge in [-0.1, -0.05) is 24.3 Å². The predicted molar refractivity (Wildman–Crippen MR) is 149 cm³/mol. The van der Waals surface area contributed by atoms with E-state index in [0.717, 1.165) is 13.0 Å². The maximum Gasteiger partial charge on any atom is 0.490 e. The largest absolute Gasteiger partial charge is 0.497 e. The molecule has 1 amide bonds. The molecule has 1 aliphatic heterocycles. The molecular formula is C28H28F3N3O7S. The van der Waals surface area contributed by atoms with E-state index in [2.05, 4.69) is 5.32 Å². The minimum absolute atomic E-state index is 0.139. The molecule has 2 N–H and O–H groups in total. The number of amides is 1. The first-order valence-electron chi connectivity index (χ1n) is 12.7. The highest BCUT2D eigenvalue weighted by Gasteiger charge is 2.38. The summed E-state index contributed by atoms with van der Waals surface area (Å²) in [7, 11) is -0.954. The number of benzene rings is 3. The Morgan fingerprint density at radius 1 is 0.929 bits per heavy atom. The highest BCUT2D eigenvalue weighted by molar-refractivity contribution is 7.90. The average molecular weight is 608 g/mol. The lowest BCUT2D eigenvalue weighted by atomic mass is 10.1. The smallest absolute Gasteiger partial charge is 0.490 e. The van der Waals surface area contributed by atoms with Crippen LogP contribution in [0.1, 0.15) is 16.8 Å². The summed E-state index contributed by atoms with van der Waals surface area (Å²) < 4.78 is 71.8. The Kier molecular flexibility index (Phi) is 8.97. The van der Waals surface area contributed by atoms with Gasteiger partial charge in [-0.3, -0.25) is 4.79 Å². The zero-order chi connectivity index (χ0) is 30.7. The Morgan fingerprint density at radius 3 is 2.26 bits per heavy atom. The summed E-state index contributed by atoms with van der Waals surface area (Å²) in [5.74, 6) is -1.81. The van der Waals surface area contributed by atoms with Crippen LogP contribution in [0.5, 0.6) is 11.5 Å². The number of aromatic nitrogens is 1. The highest BCUT2D eigenvalue weighted by Crippen LogP contribution is 2.35. The van der Waals surface area contributed by atoms with Crippen molar-refractivity contribution in [3.05, 3.63) is 66.4 Å². The van der Waals surface area contributed by atoms with Crippen LogP contribution in [-0.2, 0) is 14.8 Å². The second-order valence-corrected chi connectivity index (χ2v) is 11.0. The third-order valence-corrected chi connectivity index (χ3v) is 8.41. The van der Waals surface area contributed by atoms with E-state index in [4.69, 9.17) is 19.4 Å². The van der Waals surface area contributed by atoms with Gasteiger partial charge in [0.25, 0.3) is 15.9 Å². The first-order valence-corrected chi connectivity index (χ1v) is 14.1. The molecule has 0 unspecified atom stereocenters. The van der Waals surface area contributed by atoms with Crippen LogP contribution in [0.15, 0.2) is 65.7 Å². The number of carboxylic acid groups (broad SMARTS) is 1. The third kappa shape index (κ3) is 6.14. The minimum Gasteiger partial charge on any atom is -0.497 e. The fraction of sp³-hybridized carbons (Fsp3) is 0.286. The summed E-state index contributed by atoms with van der Waals surface area (Å²) in [4.78, 5) is 24.4. The zero-order valence-corrected chi connectivity index (χ0v) is 23.5. The van der Waals surface area contributed by atoms with Crippen molar-refractivity contribution in [2.24, 2.45) is 0 Å². The van der Waals surface area contributed by atoms with Crippen molar-refractivity contribution in [1.29, 1.82) is 0 Å². The van der Waals surface area contributed by atoms with Gasteiger partial charge in [0, 0.05) is 42.0 Å². The standard InChI is InChI=1S/C26H27N3O5S.C2HF3O2/c1-33-18-8-9-23-21(16-18)22(26(30)28-14-5-12-27-13-15-28)17-29(23)35(31,32)25-11-10-24(34-2)19-6-3-4-7-20(19)25;3-2(4,5)1(6)7/h3-4,6-11,16-17,27H,5,12-15H2,1-2H3;(H,6,7). The van der Waals surface area contributed by atoms with Crippen LogP contribution in [0.3, 0.4) is 0 Å². The van der Waals surface area contributed by atoms with E-state index in [9.17, 15) is 26.4 Å². The molecule has 0 aliphatic carbocycles. The minimum atomic E-state index is -5.08. The summed E-state index contributed by atoms with van der Waals surface area (Å²) in [5, 5.41) is 12.2. The second kappa shape index (κ2) is 12.3. The second-order valence-electron chi connectivity index (χ2n) is 9.24. The van der Waals surface area contributed by atoms with Gasteiger partial charge >= 0.3 is 12.1 Å². The number of methoxy groups -OCH3 is 2. The number of hydrogen-bond acceptors (Lipinski definition) is 7. The van der Waals surface area contributed by atoms with E-state index in [-0.39, 0.29) is 10.8 Å². The van der Waals surface area contributed by atoms with E-state index in [1.165, 1.54) is 10.2 Å². The van der Waals surface area contributed by atoms with E-state index in [0.29, 0.717) is 58.4 Å². The number of fused-ring (bicyclic) bond motifs is 2. The van der Waals surface area contributed by atoms with Crippen molar-refractivity contribution < 1.29 is 45.8 Å². The quantitative estimate of drug-likeness (QED) is 0.347. The predicted octanol–water partition coefficient (Wildman–Crippen LogP) is 4.12. The lowest BCUT2D eigenvalue weighted by Crippen LogP contribution is -2.34. The lowest BCUT2D eigenvalue weighted by molar-refractivity contribution is -0.192. The SMILES string of the molecule is COc1ccc2c(c1)c(C(=O)N1CCCNCC1)cn2S(=O)(=O)c1ccc(OC)c2ccccc12.O=C(O)C(F)(F)F. The number of alkyl halides is 3. The summed E-state index contributed by atoms with van der Waals surface area (Å²) in [5.41, 5.74) is 0.754. The van der Waals surface area contributed by atoms with Crippen molar-refractivity contribution in [1.82, 2.24) is 14.2 Å². The van der Waals surface area contributed by atoms with Crippen LogP contribution in [0.2, 0.25) is 0 Å². The van der Waals surface area contributed by atoms with Crippen LogP contribution in [-0.4, -0.2) is 80.8 Å². The topological polar surface area (TPSA) is 127 Å². The van der Waals surface area contributed by atoms with E-state index >= 15 is 0 Å². The van der Waals surface area contributed by atoms with Crippen molar-refractivity contribution in [2.45, 2.75) is 17.5 Å². The molecule has 0 atom stereocenters. The molecule has 42 heavy (non-hydrogen) atoms. The number of ether oxygens (including phenoxy) is 2. The number of aliphatic carboxylic acids is 1. The number of rotatable bonds is 5. The normalized spacial score (nSPS) is 14.2. The summed E-state index contributed by atoms with van der Waals surface area (Å²) >= 11 is 0. The zero-order valence-electron chi connectivity index (χ0n) is 22.6. The van der Waals surface area contributed by atoms with Crippen molar-refractivity contribution in [3.8, 4) is 11.5 Å². The van der Waals surface area contributed by atoms with Gasteiger partial charge in [0.05, 0.1) is 30.2 Å². The van der Waals surface area contributed by atoms with Gasteiger partial charge in [-0.05, 0) is 43.3 Å². The molecule has 0 bridgehead atoms. The molecule has 224 valence electrons. The number of carbonyl (C=O) groups excluding carboxylic acids is 1. The molecule has 14 heteroatoms. The van der Waals surface area contributed by atoms with Crippen molar-refractivity contribution >= 4 is 43.6 Å². The first-order chi connectivity index (χ1) is 19.9. The van der Waals surface area contributed by atoms with Gasteiger partial charge in [0.1, 0.15) is 11.5 Å². The summed E-state index contributed by atoms with van der Waals surface area (Å²) in [6, 6.07) is 15.5. The molecule has 5 rings (SSSR count). The third-order valence-electron chi connectivity index (χ3n) is 6.68. The Hall–Kier alpha value is -4.30. The van der Waals surface area contributed by atoms with Crippen LogP contribution in [0, 0.1) is 0 Å². The van der Waals surface area contributed by atoms with E-state index < -0.39 is 22.2 Å². The van der Waals surface area contributed by atoms with Crippen LogP contribution in [0.4, 0.5) is 13.2 Å². The van der Waals surface area contributed by atoms with E-state index in [1.807, 2.05) is 12.1 Å². The molecule has 1 saturated heterocycles. The molecule has 3 aromatic carbocycles. The highest BCUT2D eigenvalue weighted by atomic mass is 32.2. The van der Waals surface area contributed by atoms with Crippen LogP contribution >= 0.6 is 0 Å². The Bertz CT molecular complexity index is 1730. The van der Waals surface area contributed by atoms with Gasteiger partial charge in [0.15, 0.2) is 0 Å². The summed E-state index contributed by atoms with van der Waals surface area (Å²) in [6.07, 6.45) is -2.80. The molecular weight excluding hydrogens is 579 g/mol. The number of nitrogens with one attached hydrogen (secondary N) is 1. The Morgan fingerprint density at radius 2 is 1.62 bits per heavy atom. The van der Waals surface area contributed by atoms with E-state index in [1.54, 1.807) is 61.6 Å². The van der Waals surface area contributed by atoms with Gasteiger partial charge in [0.2, 0.25) is 0 Å². The Balaban J connectivity index is 0.000000517. The molecule has 1 aliphatic rings.